The summed E-state index contributed by atoms with van der Waals surface area (Å²) in [5.41, 5.74) is 0. The number of aliphatic hydroxyl groups excluding tert-OH is 2. The lowest BCUT2D eigenvalue weighted by atomic mass is 10.0. The maximum atomic E-state index is 8.75. The van der Waals surface area contributed by atoms with Gasteiger partial charge >= 0.3 is 0 Å². The summed E-state index contributed by atoms with van der Waals surface area (Å²) in [5.74, 6) is -0.0671. The molecule has 3 nitrogen and oxygen atoms in total. The Kier molecular flexibility index (Phi) is 3.12. The van der Waals surface area contributed by atoms with Crippen LogP contribution in [0.25, 0.3) is 0 Å². The molecule has 0 aromatic heterocycles. The molecule has 1 fully saturated rings. The largest absolute Gasteiger partial charge is 0.396 e. The van der Waals surface area contributed by atoms with Crippen molar-refractivity contribution in [3.05, 3.63) is 0 Å². The van der Waals surface area contributed by atoms with E-state index in [1.54, 1.807) is 0 Å². The highest BCUT2D eigenvalue weighted by molar-refractivity contribution is 4.72. The van der Waals surface area contributed by atoms with Gasteiger partial charge < -0.3 is 14.9 Å². The van der Waals surface area contributed by atoms with Crippen molar-refractivity contribution < 1.29 is 14.9 Å². The van der Waals surface area contributed by atoms with Gasteiger partial charge in [-0.2, -0.15) is 0 Å². The van der Waals surface area contributed by atoms with E-state index in [1.807, 2.05) is 0 Å². The van der Waals surface area contributed by atoms with Gasteiger partial charge in [0.15, 0.2) is 0 Å². The Bertz CT molecular complexity index is 84.9. The van der Waals surface area contributed by atoms with Crippen molar-refractivity contribution in [1.29, 1.82) is 0 Å². The van der Waals surface area contributed by atoms with Crippen LogP contribution in [0, 0.1) is 5.92 Å². The molecule has 1 aliphatic heterocycles. The Morgan fingerprint density at radius 2 is 2.10 bits per heavy atom. The van der Waals surface area contributed by atoms with Crippen LogP contribution in [0.2, 0.25) is 0 Å². The fraction of sp³-hybridized carbons (Fsp3) is 1.00. The monoisotopic (exact) mass is 146 g/mol. The summed E-state index contributed by atoms with van der Waals surface area (Å²) in [6.45, 7) is 0.837. The topological polar surface area (TPSA) is 49.7 Å². The molecule has 0 aromatic rings. The van der Waals surface area contributed by atoms with Crippen molar-refractivity contribution in [1.82, 2.24) is 0 Å². The predicted molar refractivity (Wildman–Crippen MR) is 36.6 cm³/mol. The van der Waals surface area contributed by atoms with E-state index >= 15 is 0 Å². The van der Waals surface area contributed by atoms with Gasteiger partial charge in [0.2, 0.25) is 0 Å². The standard InChI is InChI=1S/C7H14O3/c8-4-6(5-9)7-2-1-3-10-7/h6-9H,1-5H2. The molecule has 1 unspecified atom stereocenters. The Hall–Kier alpha value is -0.120. The lowest BCUT2D eigenvalue weighted by Crippen LogP contribution is -2.26. The fourth-order valence-corrected chi connectivity index (χ4v) is 1.27. The quantitative estimate of drug-likeness (QED) is 0.578. The van der Waals surface area contributed by atoms with Crippen LogP contribution in [0.1, 0.15) is 12.8 Å². The third-order valence-electron chi connectivity index (χ3n) is 1.96. The van der Waals surface area contributed by atoms with Crippen LogP contribution in [0.15, 0.2) is 0 Å². The second-order valence-corrected chi connectivity index (χ2v) is 2.68. The fourth-order valence-electron chi connectivity index (χ4n) is 1.27. The highest BCUT2D eigenvalue weighted by Gasteiger charge is 2.24. The van der Waals surface area contributed by atoms with E-state index in [0.717, 1.165) is 19.4 Å². The van der Waals surface area contributed by atoms with Gasteiger partial charge in [-0.05, 0) is 12.8 Å². The molecule has 0 spiro atoms. The molecule has 2 N–H and O–H groups in total. The summed E-state index contributed by atoms with van der Waals surface area (Å²) >= 11 is 0. The van der Waals surface area contributed by atoms with Gasteiger partial charge in [0, 0.05) is 12.5 Å². The van der Waals surface area contributed by atoms with Crippen molar-refractivity contribution in [3.63, 3.8) is 0 Å². The maximum Gasteiger partial charge on any atom is 0.0648 e. The van der Waals surface area contributed by atoms with Crippen molar-refractivity contribution in [2.45, 2.75) is 18.9 Å². The number of ether oxygens (including phenoxy) is 1. The van der Waals surface area contributed by atoms with Crippen molar-refractivity contribution >= 4 is 0 Å². The van der Waals surface area contributed by atoms with Crippen molar-refractivity contribution in [2.24, 2.45) is 5.92 Å². The molecule has 0 aliphatic carbocycles. The van der Waals surface area contributed by atoms with Gasteiger partial charge in [-0.1, -0.05) is 0 Å². The van der Waals surface area contributed by atoms with E-state index in [2.05, 4.69) is 0 Å². The molecular formula is C7H14O3. The maximum absolute atomic E-state index is 8.75. The molecule has 1 saturated heterocycles. The van der Waals surface area contributed by atoms with Crippen LogP contribution in [0.5, 0.6) is 0 Å². The first-order chi connectivity index (χ1) is 4.88. The smallest absolute Gasteiger partial charge is 0.0648 e. The number of aliphatic hydroxyl groups is 2. The summed E-state index contributed by atoms with van der Waals surface area (Å²) < 4.78 is 5.28. The molecule has 0 radical (unpaired) electrons. The molecule has 60 valence electrons. The van der Waals surface area contributed by atoms with Gasteiger partial charge in [0.25, 0.3) is 0 Å². The predicted octanol–water partition coefficient (Wildman–Crippen LogP) is -0.234. The lowest BCUT2D eigenvalue weighted by molar-refractivity contribution is 0.0106. The van der Waals surface area contributed by atoms with Crippen molar-refractivity contribution in [3.8, 4) is 0 Å². The minimum absolute atomic E-state index is 0.0289. The normalized spacial score (nSPS) is 26.1. The summed E-state index contributed by atoms with van der Waals surface area (Å²) in [4.78, 5) is 0. The number of hydrogen-bond acceptors (Lipinski definition) is 3. The average Bonchev–Trinajstić information content (AvgIpc) is 2.43. The van der Waals surface area contributed by atoms with Crippen LogP contribution >= 0.6 is 0 Å². The third kappa shape index (κ3) is 1.68. The molecule has 1 rings (SSSR count). The van der Waals surface area contributed by atoms with E-state index in [1.165, 1.54) is 0 Å². The van der Waals surface area contributed by atoms with E-state index in [-0.39, 0.29) is 25.2 Å². The van der Waals surface area contributed by atoms with Gasteiger partial charge in [-0.3, -0.25) is 0 Å². The lowest BCUT2D eigenvalue weighted by Gasteiger charge is -2.17. The van der Waals surface area contributed by atoms with Crippen molar-refractivity contribution in [2.75, 3.05) is 19.8 Å². The van der Waals surface area contributed by atoms with Crippen LogP contribution in [0.4, 0.5) is 0 Å². The minimum atomic E-state index is -0.0671. The molecule has 0 aromatic carbocycles. The first kappa shape index (κ1) is 7.98. The Morgan fingerprint density at radius 1 is 1.40 bits per heavy atom. The van der Waals surface area contributed by atoms with E-state index in [9.17, 15) is 0 Å². The van der Waals surface area contributed by atoms with Gasteiger partial charge in [0.1, 0.15) is 0 Å². The summed E-state index contributed by atoms with van der Waals surface area (Å²) in [6, 6.07) is 0. The highest BCUT2D eigenvalue weighted by Crippen LogP contribution is 2.19. The molecule has 0 amide bonds. The summed E-state index contributed by atoms with van der Waals surface area (Å²) in [5, 5.41) is 17.5. The van der Waals surface area contributed by atoms with Crippen LogP contribution in [-0.4, -0.2) is 36.1 Å². The second kappa shape index (κ2) is 3.91. The summed E-state index contributed by atoms with van der Waals surface area (Å²) in [6.07, 6.45) is 2.13. The zero-order valence-electron chi connectivity index (χ0n) is 5.99. The highest BCUT2D eigenvalue weighted by atomic mass is 16.5. The van der Waals surface area contributed by atoms with Gasteiger partial charge in [-0.25, -0.2) is 0 Å². The zero-order valence-corrected chi connectivity index (χ0v) is 5.99. The number of hydrogen-bond donors (Lipinski definition) is 2. The molecular weight excluding hydrogens is 132 g/mol. The Morgan fingerprint density at radius 3 is 2.50 bits per heavy atom. The average molecular weight is 146 g/mol. The third-order valence-corrected chi connectivity index (χ3v) is 1.96. The first-order valence-corrected chi connectivity index (χ1v) is 3.71. The summed E-state index contributed by atoms with van der Waals surface area (Å²) in [7, 11) is 0. The van der Waals surface area contributed by atoms with Crippen LogP contribution < -0.4 is 0 Å². The molecule has 0 bridgehead atoms. The molecule has 10 heavy (non-hydrogen) atoms. The van der Waals surface area contributed by atoms with E-state index in [4.69, 9.17) is 14.9 Å². The number of rotatable bonds is 3. The molecule has 1 atom stereocenters. The molecule has 1 aliphatic rings. The minimum Gasteiger partial charge on any atom is -0.396 e. The van der Waals surface area contributed by atoms with Crippen LogP contribution in [0.3, 0.4) is 0 Å². The Labute approximate surface area is 60.6 Å². The molecule has 1 heterocycles. The second-order valence-electron chi connectivity index (χ2n) is 2.68. The van der Waals surface area contributed by atoms with Gasteiger partial charge in [0.05, 0.1) is 19.3 Å². The van der Waals surface area contributed by atoms with Gasteiger partial charge in [-0.15, -0.1) is 0 Å². The Balaban J connectivity index is 2.29. The first-order valence-electron chi connectivity index (χ1n) is 3.71. The van der Waals surface area contributed by atoms with E-state index < -0.39 is 0 Å². The zero-order chi connectivity index (χ0) is 7.40. The van der Waals surface area contributed by atoms with E-state index in [0.29, 0.717) is 0 Å². The SMILES string of the molecule is OCC(CO)C1CCCO1. The molecule has 3 heteroatoms. The molecule has 0 saturated carbocycles. The van der Waals surface area contributed by atoms with Crippen LogP contribution in [-0.2, 0) is 4.74 Å².